The molecule has 1 N–H and O–H groups in total. The zero-order chi connectivity index (χ0) is 13.3. The fourth-order valence-corrected chi connectivity index (χ4v) is 2.65. The third kappa shape index (κ3) is 2.56. The van der Waals surface area contributed by atoms with Gasteiger partial charge in [-0.1, -0.05) is 23.8 Å². The number of rotatable bonds is 0. The highest BCUT2D eigenvalue weighted by Gasteiger charge is 2.41. The molecule has 18 heavy (non-hydrogen) atoms. The first-order chi connectivity index (χ1) is 8.49. The van der Waals surface area contributed by atoms with Crippen molar-refractivity contribution in [3.63, 3.8) is 0 Å². The van der Waals surface area contributed by atoms with Crippen LogP contribution in [-0.4, -0.2) is 23.3 Å². The fraction of sp³-hybridized carbons (Fsp3) is 0.533. The van der Waals surface area contributed by atoms with E-state index in [1.165, 1.54) is 5.57 Å². The van der Waals surface area contributed by atoms with Gasteiger partial charge in [0.05, 0.1) is 12.0 Å². The molecule has 3 nitrogen and oxygen atoms in total. The van der Waals surface area contributed by atoms with Crippen LogP contribution in [0.2, 0.25) is 0 Å². The van der Waals surface area contributed by atoms with E-state index < -0.39 is 6.10 Å². The van der Waals surface area contributed by atoms with Crippen LogP contribution in [0.25, 0.3) is 0 Å². The van der Waals surface area contributed by atoms with Crippen molar-refractivity contribution in [1.29, 1.82) is 0 Å². The normalized spacial score (nSPS) is 39.2. The minimum absolute atomic E-state index is 0.311. The second-order valence-corrected chi connectivity index (χ2v) is 5.29. The molecule has 0 aromatic heterocycles. The van der Waals surface area contributed by atoms with Gasteiger partial charge in [0.1, 0.15) is 6.10 Å². The fourth-order valence-electron chi connectivity index (χ4n) is 2.65. The summed E-state index contributed by atoms with van der Waals surface area (Å²) in [6, 6.07) is 0. The smallest absolute Gasteiger partial charge is 0.334 e. The third-order valence-electron chi connectivity index (χ3n) is 3.69. The van der Waals surface area contributed by atoms with Gasteiger partial charge in [-0.15, -0.1) is 0 Å². The van der Waals surface area contributed by atoms with Crippen LogP contribution in [0.1, 0.15) is 33.1 Å². The Morgan fingerprint density at radius 1 is 1.39 bits per heavy atom. The summed E-state index contributed by atoms with van der Waals surface area (Å²) in [6.07, 6.45) is 5.65. The number of hydrogen-bond donors (Lipinski definition) is 1. The van der Waals surface area contributed by atoms with Crippen molar-refractivity contribution in [2.45, 2.75) is 45.3 Å². The van der Waals surface area contributed by atoms with Crippen LogP contribution in [0.4, 0.5) is 0 Å². The van der Waals surface area contributed by atoms with Gasteiger partial charge in [-0.3, -0.25) is 0 Å². The first kappa shape index (κ1) is 13.1. The maximum Gasteiger partial charge on any atom is 0.334 e. The summed E-state index contributed by atoms with van der Waals surface area (Å²) in [5.74, 6) is -0.692. The van der Waals surface area contributed by atoms with E-state index in [0.717, 1.165) is 18.4 Å². The quantitative estimate of drug-likeness (QED) is 0.407. The van der Waals surface area contributed by atoms with Crippen molar-refractivity contribution in [3.8, 4) is 0 Å². The number of fused-ring (bicyclic) bond motifs is 1. The Bertz CT molecular complexity index is 431. The average molecular weight is 248 g/mol. The van der Waals surface area contributed by atoms with Crippen LogP contribution in [0.3, 0.4) is 0 Å². The molecule has 0 saturated carbocycles. The highest BCUT2D eigenvalue weighted by molar-refractivity contribution is 5.91. The Kier molecular flexibility index (Phi) is 3.71. The molecule has 3 atom stereocenters. The lowest BCUT2D eigenvalue weighted by atomic mass is 9.86. The molecule has 98 valence electrons. The largest absolute Gasteiger partial charge is 0.454 e. The average Bonchev–Trinajstić information content (AvgIpc) is 2.53. The highest BCUT2D eigenvalue weighted by Crippen LogP contribution is 2.34. The zero-order valence-corrected chi connectivity index (χ0v) is 11.0. The molecule has 1 aliphatic carbocycles. The van der Waals surface area contributed by atoms with Crippen LogP contribution < -0.4 is 0 Å². The molecule has 1 fully saturated rings. The molecular weight excluding hydrogens is 228 g/mol. The number of carbonyl (C=O) groups is 1. The van der Waals surface area contributed by atoms with Gasteiger partial charge in [0, 0.05) is 5.57 Å². The summed E-state index contributed by atoms with van der Waals surface area (Å²) in [7, 11) is 0. The van der Waals surface area contributed by atoms with Gasteiger partial charge < -0.3 is 9.84 Å². The number of hydrogen-bond acceptors (Lipinski definition) is 3. The van der Waals surface area contributed by atoms with Gasteiger partial charge in [0.25, 0.3) is 0 Å². The van der Waals surface area contributed by atoms with Crippen LogP contribution in [0.5, 0.6) is 0 Å². The summed E-state index contributed by atoms with van der Waals surface area (Å²) in [5.41, 5.74) is 2.73. The van der Waals surface area contributed by atoms with Crippen LogP contribution in [0.15, 0.2) is 35.5 Å². The maximum atomic E-state index is 11.6. The Labute approximate surface area is 108 Å². The summed E-state index contributed by atoms with van der Waals surface area (Å²) < 4.78 is 5.29. The van der Waals surface area contributed by atoms with E-state index >= 15 is 0 Å². The van der Waals surface area contributed by atoms with Crippen LogP contribution in [0, 0.1) is 5.92 Å². The number of aliphatic hydroxyl groups excluding tert-OH is 1. The Morgan fingerprint density at radius 2 is 2.11 bits per heavy atom. The second-order valence-electron chi connectivity index (χ2n) is 5.29. The number of carbonyl (C=O) groups excluding carboxylic acids is 1. The molecule has 0 spiro atoms. The molecule has 0 bridgehead atoms. The molecule has 1 saturated heterocycles. The summed E-state index contributed by atoms with van der Waals surface area (Å²) in [6.45, 7) is 7.81. The first-order valence-corrected chi connectivity index (χ1v) is 6.40. The first-order valence-electron chi connectivity index (χ1n) is 6.40. The van der Waals surface area contributed by atoms with Crippen molar-refractivity contribution in [1.82, 2.24) is 0 Å². The van der Waals surface area contributed by atoms with Crippen molar-refractivity contribution in [3.05, 3.63) is 35.5 Å². The SMILES string of the molecule is C=C1C(=O)OC2/C=C(/C)CC/C=C(/C)CC(O)C12. The molecule has 0 amide bonds. The van der Waals surface area contributed by atoms with E-state index in [4.69, 9.17) is 4.74 Å². The van der Waals surface area contributed by atoms with Crippen molar-refractivity contribution >= 4 is 5.97 Å². The molecule has 2 aliphatic rings. The van der Waals surface area contributed by atoms with Gasteiger partial charge >= 0.3 is 5.97 Å². The number of allylic oxidation sites excluding steroid dienone is 2. The maximum absolute atomic E-state index is 11.6. The van der Waals surface area contributed by atoms with Gasteiger partial charge in [-0.25, -0.2) is 4.79 Å². The number of aliphatic hydroxyl groups is 1. The molecule has 0 aromatic carbocycles. The Morgan fingerprint density at radius 3 is 2.83 bits per heavy atom. The second kappa shape index (κ2) is 5.11. The lowest BCUT2D eigenvalue weighted by Crippen LogP contribution is -2.28. The summed E-state index contributed by atoms with van der Waals surface area (Å²) in [4.78, 5) is 11.6. The number of esters is 1. The Balaban J connectivity index is 2.33. The zero-order valence-electron chi connectivity index (χ0n) is 11.0. The molecule has 3 heteroatoms. The third-order valence-corrected chi connectivity index (χ3v) is 3.69. The van der Waals surface area contributed by atoms with Gasteiger partial charge in [-0.05, 0) is 39.2 Å². The highest BCUT2D eigenvalue weighted by atomic mass is 16.6. The van der Waals surface area contributed by atoms with Gasteiger partial charge in [0.15, 0.2) is 0 Å². The molecule has 1 aliphatic heterocycles. The van der Waals surface area contributed by atoms with E-state index in [2.05, 4.69) is 12.7 Å². The molecule has 1 heterocycles. The predicted molar refractivity (Wildman–Crippen MR) is 69.9 cm³/mol. The van der Waals surface area contributed by atoms with Crippen LogP contribution in [-0.2, 0) is 9.53 Å². The number of ether oxygens (including phenoxy) is 1. The summed E-state index contributed by atoms with van der Waals surface area (Å²) >= 11 is 0. The molecule has 0 aromatic rings. The summed E-state index contributed by atoms with van der Waals surface area (Å²) in [5, 5.41) is 10.3. The van der Waals surface area contributed by atoms with E-state index in [9.17, 15) is 9.90 Å². The van der Waals surface area contributed by atoms with E-state index in [1.54, 1.807) is 0 Å². The molecular formula is C15H20O3. The van der Waals surface area contributed by atoms with Gasteiger partial charge in [-0.2, -0.15) is 0 Å². The van der Waals surface area contributed by atoms with Crippen molar-refractivity contribution in [2.75, 3.05) is 0 Å². The van der Waals surface area contributed by atoms with E-state index in [1.807, 2.05) is 19.9 Å². The lowest BCUT2D eigenvalue weighted by molar-refractivity contribution is -0.137. The van der Waals surface area contributed by atoms with Crippen LogP contribution >= 0.6 is 0 Å². The minimum Gasteiger partial charge on any atom is -0.454 e. The topological polar surface area (TPSA) is 46.5 Å². The van der Waals surface area contributed by atoms with Crippen molar-refractivity contribution in [2.24, 2.45) is 5.92 Å². The predicted octanol–water partition coefficient (Wildman–Crippen LogP) is 2.52. The Hall–Kier alpha value is -1.35. The molecule has 0 radical (unpaired) electrons. The van der Waals surface area contributed by atoms with E-state index in [-0.39, 0.29) is 18.0 Å². The lowest BCUT2D eigenvalue weighted by Gasteiger charge is -2.23. The minimum atomic E-state index is -0.604. The molecule has 2 rings (SSSR count). The van der Waals surface area contributed by atoms with E-state index in [0.29, 0.717) is 12.0 Å². The monoisotopic (exact) mass is 248 g/mol. The standard InChI is InChI=1S/C15H20O3/c1-9-5-4-6-10(2)8-13-14(12(16)7-9)11(3)15(17)18-13/h5,8,12-14,16H,3-4,6-7H2,1-2H3/b9-5-,10-8-. The van der Waals surface area contributed by atoms with Crippen molar-refractivity contribution < 1.29 is 14.6 Å². The van der Waals surface area contributed by atoms with Gasteiger partial charge in [0.2, 0.25) is 0 Å². The molecule has 3 unspecified atom stereocenters.